The monoisotopic (exact) mass is 953 g/mol. The van der Waals surface area contributed by atoms with Crippen molar-refractivity contribution in [2.45, 2.75) is 183 Å². The number of carbonyl (C=O) groups is 7. The van der Waals surface area contributed by atoms with Gasteiger partial charge in [0, 0.05) is 13.1 Å². The zero-order valence-corrected chi connectivity index (χ0v) is 42.3. The summed E-state index contributed by atoms with van der Waals surface area (Å²) in [5.74, 6) is -1.97. The second-order valence-corrected chi connectivity index (χ2v) is 24.3. The van der Waals surface area contributed by atoms with Gasteiger partial charge < -0.3 is 57.9 Å². The average molecular weight is 954 g/mol. The first-order valence-electron chi connectivity index (χ1n) is 23.5. The SMILES string of the molecule is CC(C)(C)OC(=O)N[C@H](C(=O)N1CC2[C@@H](C1C(=O)NC(CC1CC1)C(O)C(N)=O)C2(C)C)C(C)(C)C.CC(C)(C)[C@H](N)C(=O)N1CC2[C@@H](C1C(=O)NC(CC1CC1)C(O)C(N)=O)C2(C)C.Cl. The number of alkyl carbamates (subject to hydrolysis) is 1. The van der Waals surface area contributed by atoms with E-state index in [0.717, 1.165) is 25.7 Å². The van der Waals surface area contributed by atoms with Gasteiger partial charge in [-0.3, -0.25) is 28.8 Å². The van der Waals surface area contributed by atoms with Crippen molar-refractivity contribution in [1.29, 1.82) is 0 Å². The lowest BCUT2D eigenvalue weighted by atomic mass is 9.85. The Hall–Kier alpha value is -3.74. The molecule has 2 saturated heterocycles. The number of piperidine rings is 2. The van der Waals surface area contributed by atoms with Crippen molar-refractivity contribution < 1.29 is 48.5 Å². The van der Waals surface area contributed by atoms with Gasteiger partial charge in [-0.1, -0.05) is 94.9 Å². The number of carbonyl (C=O) groups excluding carboxylic acids is 7. The van der Waals surface area contributed by atoms with E-state index in [0.29, 0.717) is 37.8 Å². The molecule has 8 unspecified atom stereocenters. The van der Waals surface area contributed by atoms with Crippen LogP contribution in [0.1, 0.15) is 129 Å². The predicted molar refractivity (Wildman–Crippen MR) is 249 cm³/mol. The minimum Gasteiger partial charge on any atom is -0.444 e. The van der Waals surface area contributed by atoms with E-state index in [-0.39, 0.29) is 64.6 Å². The number of halogens is 1. The lowest BCUT2D eigenvalue weighted by molar-refractivity contribution is -0.145. The highest BCUT2D eigenvalue weighted by atomic mass is 35.5. The number of nitrogens with one attached hydrogen (secondary N) is 3. The number of hydrogen-bond acceptors (Lipinski definition) is 11. The molecule has 6 aliphatic rings. The molecule has 6 fully saturated rings. The van der Waals surface area contributed by atoms with Crippen LogP contribution in [0.3, 0.4) is 0 Å². The maximum Gasteiger partial charge on any atom is 0.408 e. The number of aliphatic hydroxyl groups excluding tert-OH is 2. The summed E-state index contributed by atoms with van der Waals surface area (Å²) in [5, 5.41) is 29.0. The molecule has 0 spiro atoms. The molecule has 12 atom stereocenters. The van der Waals surface area contributed by atoms with Crippen molar-refractivity contribution in [2.24, 2.45) is 74.4 Å². The molecule has 2 heterocycles. The number of fused-ring (bicyclic) bond motifs is 2. The third kappa shape index (κ3) is 12.3. The molecule has 19 heteroatoms. The van der Waals surface area contributed by atoms with Gasteiger partial charge in [0.25, 0.3) is 0 Å². The Bertz CT molecular complexity index is 1870. The van der Waals surface area contributed by atoms with Gasteiger partial charge in [0.1, 0.15) is 23.7 Å². The maximum atomic E-state index is 13.9. The van der Waals surface area contributed by atoms with E-state index in [4.69, 9.17) is 21.9 Å². The molecule has 376 valence electrons. The van der Waals surface area contributed by atoms with Crippen molar-refractivity contribution in [3.05, 3.63) is 0 Å². The van der Waals surface area contributed by atoms with Gasteiger partial charge in [-0.05, 0) is 90.8 Å². The van der Waals surface area contributed by atoms with E-state index < -0.39 is 88.7 Å². The summed E-state index contributed by atoms with van der Waals surface area (Å²) in [5.41, 5.74) is 14.9. The van der Waals surface area contributed by atoms with Gasteiger partial charge in [-0.15, -0.1) is 12.4 Å². The summed E-state index contributed by atoms with van der Waals surface area (Å²) in [4.78, 5) is 92.8. The fourth-order valence-electron chi connectivity index (χ4n) is 10.3. The number of nitrogens with zero attached hydrogens (tertiary/aromatic N) is 2. The molecule has 0 aromatic rings. The molecule has 6 rings (SSSR count). The Balaban J connectivity index is 0.000000290. The highest BCUT2D eigenvalue weighted by Crippen LogP contribution is 2.66. The van der Waals surface area contributed by atoms with Crippen LogP contribution in [0.25, 0.3) is 0 Å². The van der Waals surface area contributed by atoms with E-state index in [1.54, 1.807) is 30.6 Å². The van der Waals surface area contributed by atoms with Gasteiger partial charge >= 0.3 is 6.09 Å². The van der Waals surface area contributed by atoms with Crippen LogP contribution in [-0.2, 0) is 33.5 Å². The Morgan fingerprint density at radius 2 is 1.00 bits per heavy atom. The van der Waals surface area contributed by atoms with Gasteiger partial charge in [0.15, 0.2) is 12.2 Å². The summed E-state index contributed by atoms with van der Waals surface area (Å²) >= 11 is 0. The van der Waals surface area contributed by atoms with Crippen LogP contribution in [0.15, 0.2) is 0 Å². The fraction of sp³-hybridized carbons (Fsp3) is 0.851. The minimum absolute atomic E-state index is 0. The van der Waals surface area contributed by atoms with Crippen LogP contribution in [0.5, 0.6) is 0 Å². The number of nitrogens with two attached hydrogens (primary N) is 3. The molecule has 2 aliphatic heterocycles. The number of likely N-dealkylation sites (tertiary alicyclic amines) is 2. The quantitative estimate of drug-likeness (QED) is 0.117. The maximum absolute atomic E-state index is 13.9. The number of amides is 7. The first-order chi connectivity index (χ1) is 29.6. The highest BCUT2D eigenvalue weighted by molar-refractivity contribution is 5.94. The van der Waals surface area contributed by atoms with Crippen molar-refractivity contribution in [1.82, 2.24) is 25.8 Å². The standard InChI is InChI=1S/C26H44N4O6.C21H36N4O4.ClH/c1-24(2,3)19(29-23(35)36-25(4,5)6)22(34)30-12-14-16(26(14,7)8)17(30)21(33)28-15(11-13-9-10-13)18(31)20(27)32;1-20(2,3)16(22)19(29)25-9-11-13(21(11,4)5)14(25)18(28)24-12(8-10-6-7-10)15(26)17(23)27;/h13-19,31H,9-12H2,1-8H3,(H2,27,32)(H,28,33)(H,29,35);10-16,26H,6-9,22H2,1-5H3,(H2,23,27)(H,24,28);1H/t14?,15?,16-,17?,18?,19+;11?,12?,13-,14?,15?,16+;/m00./s1. The van der Waals surface area contributed by atoms with Crippen molar-refractivity contribution >= 4 is 53.9 Å². The van der Waals surface area contributed by atoms with Crippen LogP contribution < -0.4 is 33.2 Å². The Morgan fingerprint density at radius 1 is 0.636 bits per heavy atom. The van der Waals surface area contributed by atoms with E-state index >= 15 is 0 Å². The van der Waals surface area contributed by atoms with E-state index in [1.807, 2.05) is 41.5 Å². The zero-order valence-electron chi connectivity index (χ0n) is 41.4. The summed E-state index contributed by atoms with van der Waals surface area (Å²) in [7, 11) is 0. The van der Waals surface area contributed by atoms with Crippen LogP contribution >= 0.6 is 12.4 Å². The first kappa shape index (κ1) is 54.9. The largest absolute Gasteiger partial charge is 0.444 e. The second-order valence-electron chi connectivity index (χ2n) is 24.3. The molecular weight excluding hydrogens is 872 g/mol. The topological polar surface area (TPSA) is 290 Å². The molecule has 18 nitrogen and oxygen atoms in total. The van der Waals surface area contributed by atoms with E-state index in [2.05, 4.69) is 43.6 Å². The lowest BCUT2D eigenvalue weighted by Gasteiger charge is -2.38. The molecule has 4 aliphatic carbocycles. The number of ether oxygens (including phenoxy) is 1. The van der Waals surface area contributed by atoms with E-state index in [9.17, 15) is 43.8 Å². The Morgan fingerprint density at radius 3 is 1.30 bits per heavy atom. The predicted octanol–water partition coefficient (Wildman–Crippen LogP) is 1.94. The summed E-state index contributed by atoms with van der Waals surface area (Å²) in [6, 6.07) is -4.58. The Labute approximate surface area is 397 Å². The fourth-order valence-corrected chi connectivity index (χ4v) is 10.3. The molecule has 11 N–H and O–H groups in total. The average Bonchev–Trinajstić information content (AvgIpc) is 4.14. The number of aliphatic hydroxyl groups is 2. The van der Waals surface area contributed by atoms with Crippen LogP contribution in [0, 0.1) is 57.2 Å². The highest BCUT2D eigenvalue weighted by Gasteiger charge is 2.71. The van der Waals surface area contributed by atoms with Crippen molar-refractivity contribution in [2.75, 3.05) is 13.1 Å². The summed E-state index contributed by atoms with van der Waals surface area (Å²) < 4.78 is 5.39. The molecule has 4 saturated carbocycles. The minimum atomic E-state index is -1.50. The van der Waals surface area contributed by atoms with E-state index in [1.165, 1.54) is 0 Å². The van der Waals surface area contributed by atoms with Gasteiger partial charge in [0.2, 0.25) is 35.4 Å². The third-order valence-corrected chi connectivity index (χ3v) is 15.1. The third-order valence-electron chi connectivity index (χ3n) is 15.1. The first-order valence-corrected chi connectivity index (χ1v) is 23.5. The van der Waals surface area contributed by atoms with Gasteiger partial charge in [-0.2, -0.15) is 0 Å². The normalized spacial score (nSPS) is 28.5. The molecule has 66 heavy (non-hydrogen) atoms. The van der Waals surface area contributed by atoms with Crippen molar-refractivity contribution in [3.63, 3.8) is 0 Å². The smallest absolute Gasteiger partial charge is 0.408 e. The number of rotatable bonds is 15. The van der Waals surface area contributed by atoms with Crippen LogP contribution in [-0.4, -0.2) is 129 Å². The second kappa shape index (κ2) is 19.3. The number of primary amides is 2. The molecule has 0 radical (unpaired) electrons. The lowest BCUT2D eigenvalue weighted by Crippen LogP contribution is -2.61. The summed E-state index contributed by atoms with van der Waals surface area (Å²) in [6.45, 7) is 25.7. The summed E-state index contributed by atoms with van der Waals surface area (Å²) in [6.07, 6.45) is 1.32. The van der Waals surface area contributed by atoms with Crippen LogP contribution in [0.4, 0.5) is 4.79 Å². The van der Waals surface area contributed by atoms with Gasteiger partial charge in [-0.25, -0.2) is 4.79 Å². The molecule has 0 bridgehead atoms. The number of hydrogen-bond donors (Lipinski definition) is 8. The molecule has 7 amide bonds. The zero-order chi connectivity index (χ0) is 49.3. The molecule has 0 aromatic carbocycles. The van der Waals surface area contributed by atoms with Gasteiger partial charge in [0.05, 0.1) is 18.1 Å². The Kier molecular flexibility index (Phi) is 16.1. The van der Waals surface area contributed by atoms with Crippen molar-refractivity contribution in [3.8, 4) is 0 Å². The van der Waals surface area contributed by atoms with Crippen LogP contribution in [0.2, 0.25) is 0 Å². The molecular formula is C47H81ClN8O10. The molecule has 0 aromatic heterocycles.